The van der Waals surface area contributed by atoms with Crippen molar-refractivity contribution in [2.75, 3.05) is 18.9 Å². The lowest BCUT2D eigenvalue weighted by Gasteiger charge is -2.24. The molecule has 2 bridgehead atoms. The largest absolute Gasteiger partial charge is 0.386 e. The van der Waals surface area contributed by atoms with E-state index in [4.69, 9.17) is 40.4 Å². The number of nitrogens with two attached hydrogens (primary N) is 1. The van der Waals surface area contributed by atoms with Gasteiger partial charge in [0.15, 0.2) is 29.2 Å². The van der Waals surface area contributed by atoms with Gasteiger partial charge in [-0.1, -0.05) is 17.5 Å². The Kier molecular flexibility index (Phi) is 7.22. The fraction of sp³-hybridized carbons (Fsp3) is 0.471. The van der Waals surface area contributed by atoms with E-state index in [1.807, 2.05) is 0 Å². The van der Waals surface area contributed by atoms with Crippen molar-refractivity contribution in [2.24, 2.45) is 0 Å². The van der Waals surface area contributed by atoms with Gasteiger partial charge < -0.3 is 24.5 Å². The minimum Gasteiger partial charge on any atom is -0.369 e. The zero-order chi connectivity index (χ0) is 28.2. The predicted molar refractivity (Wildman–Crippen MR) is 139 cm³/mol. The zero-order valence-electron chi connectivity index (χ0n) is 19.9. The summed E-state index contributed by atoms with van der Waals surface area (Å²) in [5, 5.41) is 7.59. The molecule has 0 aliphatic carbocycles. The summed E-state index contributed by atoms with van der Waals surface area (Å²) in [6.07, 6.45) is -3.88. The number of imidazole rings is 1. The minimum atomic E-state index is -4.19. The number of rotatable bonds is 1. The number of aromatic nitrogens is 9. The number of aromatic amines is 1. The number of nitrogens with zero attached hydrogens (tertiary/aromatic N) is 8. The lowest BCUT2D eigenvalue weighted by Crippen LogP contribution is -2.32. The third-order valence-electron chi connectivity index (χ3n) is 5.93. The molecule has 1 fully saturated rings. The molecule has 0 saturated carbocycles. The summed E-state index contributed by atoms with van der Waals surface area (Å²) in [6.45, 7) is -9.27. The van der Waals surface area contributed by atoms with Crippen molar-refractivity contribution in [2.45, 2.75) is 37.8 Å². The molecule has 0 spiro atoms. The van der Waals surface area contributed by atoms with Crippen LogP contribution in [0.5, 0.6) is 0 Å². The Balaban J connectivity index is 1.38. The Hall–Kier alpha value is -2.45. The van der Waals surface area contributed by atoms with E-state index in [2.05, 4.69) is 47.5 Å². The van der Waals surface area contributed by atoms with Crippen LogP contribution in [0.4, 0.5) is 10.3 Å². The average molecular weight is 636 g/mol. The van der Waals surface area contributed by atoms with E-state index >= 15 is 4.39 Å². The van der Waals surface area contributed by atoms with Crippen LogP contribution in [-0.4, -0.2) is 81.0 Å². The number of hydrogen-bond donors (Lipinski definition) is 4. The van der Waals surface area contributed by atoms with Crippen molar-refractivity contribution in [1.29, 1.82) is 0 Å². The molecule has 214 valence electrons. The molecule has 4 aromatic rings. The van der Waals surface area contributed by atoms with Gasteiger partial charge in [-0.3, -0.25) is 23.3 Å². The number of nitrogen functional groups attached to an aromatic ring is 1. The fourth-order valence-electron chi connectivity index (χ4n) is 4.21. The highest BCUT2D eigenvalue weighted by molar-refractivity contribution is 8.44. The van der Waals surface area contributed by atoms with Crippen molar-refractivity contribution in [3.63, 3.8) is 0 Å². The third-order valence-corrected chi connectivity index (χ3v) is 9.15. The highest BCUT2D eigenvalue weighted by Crippen LogP contribution is 2.55. The molecule has 1 saturated heterocycles. The Morgan fingerprint density at radius 1 is 1.27 bits per heavy atom. The molecule has 2 aliphatic rings. The summed E-state index contributed by atoms with van der Waals surface area (Å²) >= 11 is 9.15. The SMILES string of the molecule is Nc1nc2c(nnn2[C@@H]2O[C@@H]3COP(=O)(S)OCCn4c(nc5cncnc54)COP(O)(=S)O[C@@H]2[C@@H]3F)c(=O)[nH]1. The van der Waals surface area contributed by atoms with Crippen LogP contribution in [0.1, 0.15) is 12.1 Å². The van der Waals surface area contributed by atoms with E-state index in [1.165, 1.54) is 12.5 Å². The van der Waals surface area contributed by atoms with Crippen LogP contribution in [0.2, 0.25) is 0 Å². The standard InChI is InChI=1S/C17H19FN10O8P2S2/c18-10-8-4-33-37(30,39)32-2-1-27-9(22-7-3-20-6-21-13(7)27)5-34-38(31,40)36-12(10)16(35-8)28-14-11(25-26-28)15(29)24-17(19)23-14/h3,6,8,10,12,16H,1-2,4-5H2,(H,30,39)(H,31,40)(H3,19,23,24,29)/t8-,10-,12-,16-,37?,38?/m1/s1. The Morgan fingerprint density at radius 3 is 2.92 bits per heavy atom. The van der Waals surface area contributed by atoms with Crippen LogP contribution < -0.4 is 11.3 Å². The minimum absolute atomic E-state index is 0.0836. The number of fused-ring (bicyclic) bond motifs is 6. The van der Waals surface area contributed by atoms with Gasteiger partial charge in [-0.05, 0) is 11.8 Å². The second kappa shape index (κ2) is 10.4. The van der Waals surface area contributed by atoms with Gasteiger partial charge in [0.25, 0.3) is 5.56 Å². The molecule has 2 aliphatic heterocycles. The van der Waals surface area contributed by atoms with E-state index < -0.39 is 50.3 Å². The summed E-state index contributed by atoms with van der Waals surface area (Å²) < 4.78 is 58.6. The lowest BCUT2D eigenvalue weighted by atomic mass is 10.1. The number of nitrogens with one attached hydrogen (secondary N) is 1. The molecule has 4 N–H and O–H groups in total. The smallest absolute Gasteiger partial charge is 0.369 e. The van der Waals surface area contributed by atoms with E-state index in [-0.39, 0.29) is 42.7 Å². The fourth-order valence-corrected chi connectivity index (χ4v) is 6.70. The quantitative estimate of drug-likeness (QED) is 0.163. The molecule has 2 unspecified atom stereocenters. The summed E-state index contributed by atoms with van der Waals surface area (Å²) in [5.74, 6) is -0.0233. The van der Waals surface area contributed by atoms with Crippen molar-refractivity contribution in [3.8, 4) is 0 Å². The normalized spacial score (nSPS) is 32.1. The maximum atomic E-state index is 15.8. The van der Waals surface area contributed by atoms with Crippen LogP contribution >= 0.6 is 25.8 Å². The number of thiol groups is 1. The van der Waals surface area contributed by atoms with Crippen LogP contribution in [-0.2, 0) is 52.4 Å². The number of anilines is 1. The molecular formula is C17H19FN10O8P2S2. The highest BCUT2D eigenvalue weighted by Gasteiger charge is 2.51. The second-order valence-electron chi connectivity index (χ2n) is 8.49. The third kappa shape index (κ3) is 5.29. The van der Waals surface area contributed by atoms with Crippen molar-refractivity contribution in [3.05, 3.63) is 28.7 Å². The first-order chi connectivity index (χ1) is 19.0. The topological polar surface area (TPSA) is 230 Å². The van der Waals surface area contributed by atoms with E-state index in [1.54, 1.807) is 4.57 Å². The molecule has 18 nitrogen and oxygen atoms in total. The average Bonchev–Trinajstić information content (AvgIpc) is 3.55. The van der Waals surface area contributed by atoms with Crippen LogP contribution in [0, 0.1) is 0 Å². The Morgan fingerprint density at radius 2 is 2.10 bits per heavy atom. The van der Waals surface area contributed by atoms with E-state index in [0.29, 0.717) is 11.2 Å². The highest BCUT2D eigenvalue weighted by atomic mass is 32.7. The van der Waals surface area contributed by atoms with Gasteiger partial charge in [0.1, 0.15) is 36.5 Å². The van der Waals surface area contributed by atoms with Crippen molar-refractivity contribution >= 4 is 65.8 Å². The maximum Gasteiger partial charge on any atom is 0.386 e. The van der Waals surface area contributed by atoms with Gasteiger partial charge in [0.05, 0.1) is 19.4 Å². The number of halogens is 1. The number of H-pyrrole nitrogens is 1. The van der Waals surface area contributed by atoms with Crippen molar-refractivity contribution in [1.82, 2.24) is 44.5 Å². The molecule has 0 radical (unpaired) electrons. The van der Waals surface area contributed by atoms with Crippen LogP contribution in [0.25, 0.3) is 22.3 Å². The molecular weight excluding hydrogens is 617 g/mol. The van der Waals surface area contributed by atoms with Gasteiger partial charge in [-0.2, -0.15) is 9.67 Å². The summed E-state index contributed by atoms with van der Waals surface area (Å²) in [5.41, 5.74) is 5.37. The van der Waals surface area contributed by atoms with Gasteiger partial charge in [0, 0.05) is 6.54 Å². The number of hydrogen-bond acceptors (Lipinski definition) is 15. The Labute approximate surface area is 232 Å². The first-order valence-corrected chi connectivity index (χ1v) is 16.6. The molecule has 40 heavy (non-hydrogen) atoms. The van der Waals surface area contributed by atoms with Crippen LogP contribution in [0.3, 0.4) is 0 Å². The number of alkyl halides is 1. The summed E-state index contributed by atoms with van der Waals surface area (Å²) in [6, 6.07) is 0. The van der Waals surface area contributed by atoms with Gasteiger partial charge in [-0.15, -0.1) is 5.10 Å². The lowest BCUT2D eigenvalue weighted by molar-refractivity contribution is -0.0523. The Bertz CT molecular complexity index is 1750. The molecule has 6 heterocycles. The predicted octanol–water partition coefficient (Wildman–Crippen LogP) is 0.375. The molecule has 0 amide bonds. The van der Waals surface area contributed by atoms with E-state index in [9.17, 15) is 14.3 Å². The maximum absolute atomic E-state index is 15.8. The van der Waals surface area contributed by atoms with Crippen molar-refractivity contribution < 1.29 is 36.7 Å². The van der Waals surface area contributed by atoms with Gasteiger partial charge >= 0.3 is 13.5 Å². The molecule has 0 aromatic carbocycles. The molecule has 6 atom stereocenters. The molecule has 23 heteroatoms. The van der Waals surface area contributed by atoms with Gasteiger partial charge in [-0.25, -0.2) is 23.9 Å². The second-order valence-corrected chi connectivity index (χ2v) is 14.2. The first kappa shape index (κ1) is 27.7. The van der Waals surface area contributed by atoms with Crippen LogP contribution in [0.15, 0.2) is 17.3 Å². The summed E-state index contributed by atoms with van der Waals surface area (Å²) in [7, 11) is 0. The number of ether oxygens (including phenoxy) is 1. The van der Waals surface area contributed by atoms with E-state index in [0.717, 1.165) is 4.68 Å². The molecule has 4 aromatic heterocycles. The first-order valence-electron chi connectivity index (χ1n) is 11.3. The summed E-state index contributed by atoms with van der Waals surface area (Å²) in [4.78, 5) is 41.9. The monoisotopic (exact) mass is 636 g/mol. The zero-order valence-corrected chi connectivity index (χ0v) is 23.4. The molecule has 6 rings (SSSR count). The van der Waals surface area contributed by atoms with Gasteiger partial charge in [0.2, 0.25) is 5.95 Å².